The van der Waals surface area contributed by atoms with Gasteiger partial charge in [0.1, 0.15) is 0 Å². The van der Waals surface area contributed by atoms with Crippen molar-refractivity contribution in [1.29, 1.82) is 0 Å². The molecule has 0 aliphatic rings. The van der Waals surface area contributed by atoms with E-state index >= 15 is 0 Å². The average molecular weight is 151 g/mol. The quantitative estimate of drug-likeness (QED) is 0.575. The lowest BCUT2D eigenvalue weighted by Crippen LogP contribution is -2.22. The third kappa shape index (κ3) is 4.43. The van der Waals surface area contributed by atoms with Crippen molar-refractivity contribution in [2.75, 3.05) is 0 Å². The summed E-state index contributed by atoms with van der Waals surface area (Å²) in [5.74, 6) is 0. The van der Waals surface area contributed by atoms with Gasteiger partial charge in [-0.15, -0.1) is 0 Å². The number of hydrogen-bond donors (Lipinski definition) is 1. The summed E-state index contributed by atoms with van der Waals surface area (Å²) in [6.45, 7) is 13.3. The molecule has 0 radical (unpaired) electrons. The molecule has 0 aliphatic heterocycles. The van der Waals surface area contributed by atoms with Gasteiger partial charge in [0, 0.05) is 6.04 Å². The van der Waals surface area contributed by atoms with E-state index in [1.807, 2.05) is 0 Å². The lowest BCUT2D eigenvalue weighted by atomic mass is 10.1. The van der Waals surface area contributed by atoms with Gasteiger partial charge in [-0.2, -0.15) is 0 Å². The molecule has 11 heavy (non-hydrogen) atoms. The molecular formula is C10H17N. The number of allylic oxidation sites excluding steroid dienone is 1. The molecule has 1 atom stereocenters. The van der Waals surface area contributed by atoms with Crippen molar-refractivity contribution in [3.63, 3.8) is 0 Å². The lowest BCUT2D eigenvalue weighted by molar-refractivity contribution is 0.568. The van der Waals surface area contributed by atoms with Crippen molar-refractivity contribution >= 4 is 0 Å². The molecule has 0 amide bonds. The molecule has 0 spiro atoms. The summed E-state index contributed by atoms with van der Waals surface area (Å²) < 4.78 is 0. The maximum absolute atomic E-state index is 3.85. The first-order chi connectivity index (χ1) is 5.24. The molecule has 0 rings (SSSR count). The van der Waals surface area contributed by atoms with Crippen LogP contribution in [0, 0.1) is 0 Å². The fourth-order valence-electron chi connectivity index (χ4n) is 0.888. The highest BCUT2D eigenvalue weighted by molar-refractivity contribution is 5.12. The van der Waals surface area contributed by atoms with Gasteiger partial charge in [-0.25, -0.2) is 0 Å². The van der Waals surface area contributed by atoms with E-state index in [1.54, 1.807) is 12.3 Å². The molecule has 0 fully saturated rings. The van der Waals surface area contributed by atoms with Gasteiger partial charge < -0.3 is 5.32 Å². The molecule has 0 saturated carbocycles. The molecule has 0 aromatic carbocycles. The first-order valence-corrected chi connectivity index (χ1v) is 3.91. The minimum Gasteiger partial charge on any atom is -0.388 e. The Bertz CT molecular complexity index is 147. The Morgan fingerprint density at radius 3 is 2.55 bits per heavy atom. The highest BCUT2D eigenvalue weighted by Crippen LogP contribution is 2.06. The standard InChI is InChI=1S/C10H17N/c1-5-9(4)8-10(6-2)11-7-3/h5,7,10-11H,1,3-4,6,8H2,2H3. The van der Waals surface area contributed by atoms with Crippen LogP contribution in [-0.2, 0) is 0 Å². The monoisotopic (exact) mass is 151 g/mol. The van der Waals surface area contributed by atoms with E-state index in [0.717, 1.165) is 18.4 Å². The van der Waals surface area contributed by atoms with Gasteiger partial charge in [-0.1, -0.05) is 38.3 Å². The Kier molecular flexibility index (Phi) is 5.26. The van der Waals surface area contributed by atoms with Crippen LogP contribution in [0.25, 0.3) is 0 Å². The summed E-state index contributed by atoms with van der Waals surface area (Å²) in [5.41, 5.74) is 1.08. The summed E-state index contributed by atoms with van der Waals surface area (Å²) in [5, 5.41) is 3.15. The molecule has 62 valence electrons. The van der Waals surface area contributed by atoms with Crippen LogP contribution in [0.3, 0.4) is 0 Å². The third-order valence-corrected chi connectivity index (χ3v) is 1.64. The van der Waals surface area contributed by atoms with Crippen LogP contribution in [0.5, 0.6) is 0 Å². The van der Waals surface area contributed by atoms with Gasteiger partial charge in [0.25, 0.3) is 0 Å². The fraction of sp³-hybridized carbons (Fsp3) is 0.400. The summed E-state index contributed by atoms with van der Waals surface area (Å²) in [6, 6.07) is 0.456. The van der Waals surface area contributed by atoms with Crippen molar-refractivity contribution in [3.8, 4) is 0 Å². The summed E-state index contributed by atoms with van der Waals surface area (Å²) in [6.07, 6.45) is 5.56. The molecule has 0 aromatic heterocycles. The predicted molar refractivity (Wildman–Crippen MR) is 51.4 cm³/mol. The zero-order valence-electron chi connectivity index (χ0n) is 7.27. The molecule has 1 N–H and O–H groups in total. The van der Waals surface area contributed by atoms with Gasteiger partial charge in [-0.3, -0.25) is 0 Å². The Morgan fingerprint density at radius 2 is 2.18 bits per heavy atom. The van der Waals surface area contributed by atoms with Crippen molar-refractivity contribution in [3.05, 3.63) is 37.6 Å². The second-order valence-electron chi connectivity index (χ2n) is 2.54. The van der Waals surface area contributed by atoms with Crippen molar-refractivity contribution in [2.45, 2.75) is 25.8 Å². The van der Waals surface area contributed by atoms with Crippen molar-refractivity contribution < 1.29 is 0 Å². The number of nitrogens with one attached hydrogen (secondary N) is 1. The first-order valence-electron chi connectivity index (χ1n) is 3.91. The van der Waals surface area contributed by atoms with Gasteiger partial charge in [0.2, 0.25) is 0 Å². The SMILES string of the molecule is C=CNC(CC)CC(=C)C=C. The maximum atomic E-state index is 3.85. The first kappa shape index (κ1) is 10.0. The smallest absolute Gasteiger partial charge is 0.0293 e. The lowest BCUT2D eigenvalue weighted by Gasteiger charge is -2.14. The largest absolute Gasteiger partial charge is 0.388 e. The molecule has 0 bridgehead atoms. The van der Waals surface area contributed by atoms with E-state index in [-0.39, 0.29) is 0 Å². The van der Waals surface area contributed by atoms with E-state index in [9.17, 15) is 0 Å². The van der Waals surface area contributed by atoms with Crippen LogP contribution in [0.1, 0.15) is 19.8 Å². The van der Waals surface area contributed by atoms with Crippen molar-refractivity contribution in [2.24, 2.45) is 0 Å². The minimum atomic E-state index is 0.456. The minimum absolute atomic E-state index is 0.456. The molecule has 0 heterocycles. The molecule has 1 unspecified atom stereocenters. The second kappa shape index (κ2) is 5.78. The molecule has 0 aliphatic carbocycles. The Hall–Kier alpha value is -0.980. The summed E-state index contributed by atoms with van der Waals surface area (Å²) in [7, 11) is 0. The van der Waals surface area contributed by atoms with E-state index in [0.29, 0.717) is 6.04 Å². The Labute approximate surface area is 69.5 Å². The van der Waals surface area contributed by atoms with Gasteiger partial charge >= 0.3 is 0 Å². The zero-order valence-corrected chi connectivity index (χ0v) is 7.27. The van der Waals surface area contributed by atoms with Crippen LogP contribution < -0.4 is 5.32 Å². The van der Waals surface area contributed by atoms with E-state index < -0.39 is 0 Å². The van der Waals surface area contributed by atoms with Crippen LogP contribution >= 0.6 is 0 Å². The third-order valence-electron chi connectivity index (χ3n) is 1.64. The Morgan fingerprint density at radius 1 is 1.55 bits per heavy atom. The van der Waals surface area contributed by atoms with E-state index in [1.165, 1.54) is 0 Å². The normalized spacial score (nSPS) is 11.7. The second-order valence-corrected chi connectivity index (χ2v) is 2.54. The Balaban J connectivity index is 3.75. The van der Waals surface area contributed by atoms with E-state index in [4.69, 9.17) is 0 Å². The van der Waals surface area contributed by atoms with E-state index in [2.05, 4.69) is 32.0 Å². The zero-order chi connectivity index (χ0) is 8.69. The van der Waals surface area contributed by atoms with Gasteiger partial charge in [0.15, 0.2) is 0 Å². The average Bonchev–Trinajstić information content (AvgIpc) is 2.03. The predicted octanol–water partition coefficient (Wildman–Crippen LogP) is 2.63. The molecular weight excluding hydrogens is 134 g/mol. The highest BCUT2D eigenvalue weighted by atomic mass is 14.9. The molecule has 1 nitrogen and oxygen atoms in total. The number of rotatable bonds is 6. The summed E-state index contributed by atoms with van der Waals surface area (Å²) in [4.78, 5) is 0. The topological polar surface area (TPSA) is 12.0 Å². The molecule has 0 aromatic rings. The molecule has 0 saturated heterocycles. The van der Waals surface area contributed by atoms with Gasteiger partial charge in [-0.05, 0) is 19.0 Å². The maximum Gasteiger partial charge on any atom is 0.0293 e. The van der Waals surface area contributed by atoms with Crippen LogP contribution in [0.15, 0.2) is 37.6 Å². The van der Waals surface area contributed by atoms with Crippen LogP contribution in [-0.4, -0.2) is 6.04 Å². The highest BCUT2D eigenvalue weighted by Gasteiger charge is 2.02. The molecule has 1 heteroatoms. The van der Waals surface area contributed by atoms with Crippen LogP contribution in [0.2, 0.25) is 0 Å². The van der Waals surface area contributed by atoms with Gasteiger partial charge in [0.05, 0.1) is 0 Å². The van der Waals surface area contributed by atoms with Crippen LogP contribution in [0.4, 0.5) is 0 Å². The summed E-state index contributed by atoms with van der Waals surface area (Å²) >= 11 is 0. The fourth-order valence-corrected chi connectivity index (χ4v) is 0.888. The number of hydrogen-bond acceptors (Lipinski definition) is 1. The van der Waals surface area contributed by atoms with Crippen molar-refractivity contribution in [1.82, 2.24) is 5.32 Å².